The Morgan fingerprint density at radius 2 is 1.76 bits per heavy atom. The molecule has 1 aromatic heterocycles. The van der Waals surface area contributed by atoms with Crippen LogP contribution in [0.4, 0.5) is 0 Å². The van der Waals surface area contributed by atoms with Crippen LogP contribution >= 0.6 is 11.6 Å². The average Bonchev–Trinajstić information content (AvgIpc) is 3.01. The van der Waals surface area contributed by atoms with Crippen molar-refractivity contribution in [3.63, 3.8) is 0 Å². The van der Waals surface area contributed by atoms with Crippen LogP contribution in [0.3, 0.4) is 0 Å². The molecular formula is C24H34ClN3O. The second kappa shape index (κ2) is 7.46. The Morgan fingerprint density at radius 1 is 1.10 bits per heavy atom. The van der Waals surface area contributed by atoms with Crippen molar-refractivity contribution >= 4 is 28.3 Å². The lowest BCUT2D eigenvalue weighted by atomic mass is 9.57. The van der Waals surface area contributed by atoms with E-state index >= 15 is 0 Å². The first-order valence-electron chi connectivity index (χ1n) is 10.6. The van der Waals surface area contributed by atoms with E-state index in [1.807, 2.05) is 18.2 Å². The third kappa shape index (κ3) is 4.09. The maximum absolute atomic E-state index is 11.3. The molecule has 158 valence electrons. The number of aliphatic hydroxyl groups is 1. The molecule has 2 aromatic rings. The molecule has 0 amide bonds. The van der Waals surface area contributed by atoms with Crippen molar-refractivity contribution in [2.24, 2.45) is 16.2 Å². The van der Waals surface area contributed by atoms with E-state index in [1.54, 1.807) is 4.80 Å². The van der Waals surface area contributed by atoms with Gasteiger partial charge in [-0.1, -0.05) is 72.9 Å². The normalized spacial score (nSPS) is 21.0. The molecule has 1 aliphatic rings. The van der Waals surface area contributed by atoms with Crippen LogP contribution in [-0.4, -0.2) is 20.1 Å². The number of aromatic nitrogens is 3. The summed E-state index contributed by atoms with van der Waals surface area (Å²) in [4.78, 5) is 1.59. The SMILES string of the molecule is CCCCC1(C(C)(C)C)C=C(n2nc3ccc(Cl)cc3n2)C(O)=C(C(C)(C)C)C1. The molecule has 0 saturated heterocycles. The van der Waals surface area contributed by atoms with Gasteiger partial charge in [0.2, 0.25) is 0 Å². The Hall–Kier alpha value is -1.81. The molecule has 0 aliphatic heterocycles. The van der Waals surface area contributed by atoms with Gasteiger partial charge < -0.3 is 5.11 Å². The number of halogens is 1. The van der Waals surface area contributed by atoms with Gasteiger partial charge in [0.1, 0.15) is 22.5 Å². The van der Waals surface area contributed by atoms with E-state index in [0.717, 1.165) is 42.3 Å². The minimum Gasteiger partial charge on any atom is -0.506 e. The summed E-state index contributed by atoms with van der Waals surface area (Å²) >= 11 is 6.14. The van der Waals surface area contributed by atoms with E-state index < -0.39 is 0 Å². The van der Waals surface area contributed by atoms with Crippen LogP contribution in [-0.2, 0) is 0 Å². The molecule has 0 spiro atoms. The van der Waals surface area contributed by atoms with Gasteiger partial charge in [0.05, 0.1) is 0 Å². The number of hydrogen-bond acceptors (Lipinski definition) is 3. The summed E-state index contributed by atoms with van der Waals surface area (Å²) in [7, 11) is 0. The van der Waals surface area contributed by atoms with Gasteiger partial charge in [0, 0.05) is 5.02 Å². The van der Waals surface area contributed by atoms with Gasteiger partial charge in [-0.3, -0.25) is 0 Å². The molecule has 0 radical (unpaired) electrons. The predicted octanol–water partition coefficient (Wildman–Crippen LogP) is 7.41. The average molecular weight is 416 g/mol. The zero-order chi connectivity index (χ0) is 21.6. The van der Waals surface area contributed by atoms with Crippen LogP contribution in [0.15, 0.2) is 35.6 Å². The summed E-state index contributed by atoms with van der Waals surface area (Å²) in [5.41, 5.74) is 3.04. The fraction of sp³-hybridized carbons (Fsp3) is 0.583. The lowest BCUT2D eigenvalue weighted by molar-refractivity contribution is 0.115. The van der Waals surface area contributed by atoms with Crippen molar-refractivity contribution in [3.8, 4) is 0 Å². The van der Waals surface area contributed by atoms with Gasteiger partial charge >= 0.3 is 0 Å². The number of hydrogen-bond donors (Lipinski definition) is 1. The van der Waals surface area contributed by atoms with Gasteiger partial charge in [0.15, 0.2) is 0 Å². The smallest absolute Gasteiger partial charge is 0.142 e. The van der Waals surface area contributed by atoms with Gasteiger partial charge in [-0.2, -0.15) is 0 Å². The zero-order valence-electron chi connectivity index (χ0n) is 18.8. The molecule has 1 N–H and O–H groups in total. The number of nitrogens with zero attached hydrogens (tertiary/aromatic N) is 3. The van der Waals surface area contributed by atoms with E-state index in [2.05, 4.69) is 64.7 Å². The first-order valence-corrected chi connectivity index (χ1v) is 10.9. The van der Waals surface area contributed by atoms with Gasteiger partial charge in [-0.15, -0.1) is 15.0 Å². The van der Waals surface area contributed by atoms with Crippen LogP contribution in [0.25, 0.3) is 16.7 Å². The number of benzene rings is 1. The van der Waals surface area contributed by atoms with Gasteiger partial charge in [-0.25, -0.2) is 0 Å². The predicted molar refractivity (Wildman–Crippen MR) is 122 cm³/mol. The lowest BCUT2D eigenvalue weighted by Gasteiger charge is -2.48. The molecule has 4 nitrogen and oxygen atoms in total. The second-order valence-corrected chi connectivity index (χ2v) is 10.9. The third-order valence-corrected chi connectivity index (χ3v) is 6.60. The maximum atomic E-state index is 11.3. The van der Waals surface area contributed by atoms with E-state index in [1.165, 1.54) is 0 Å². The molecule has 1 atom stereocenters. The monoisotopic (exact) mass is 415 g/mol. The molecule has 1 heterocycles. The largest absolute Gasteiger partial charge is 0.506 e. The topological polar surface area (TPSA) is 50.9 Å². The van der Waals surface area contributed by atoms with Crippen LogP contribution in [0, 0.1) is 16.2 Å². The minimum absolute atomic E-state index is 0.0283. The molecule has 0 bridgehead atoms. The molecule has 0 saturated carbocycles. The molecule has 1 aromatic carbocycles. The summed E-state index contributed by atoms with van der Waals surface area (Å²) in [6.45, 7) is 15.6. The first kappa shape index (κ1) is 21.9. The highest BCUT2D eigenvalue weighted by atomic mass is 35.5. The first-order chi connectivity index (χ1) is 13.4. The Bertz CT molecular complexity index is 972. The van der Waals surface area contributed by atoms with E-state index in [9.17, 15) is 5.11 Å². The lowest BCUT2D eigenvalue weighted by Crippen LogP contribution is -2.39. The third-order valence-electron chi connectivity index (χ3n) is 6.37. The molecule has 1 unspecified atom stereocenters. The number of fused-ring (bicyclic) bond motifs is 1. The van der Waals surface area contributed by atoms with Crippen molar-refractivity contribution in [1.82, 2.24) is 15.0 Å². The quantitative estimate of drug-likeness (QED) is 0.565. The van der Waals surface area contributed by atoms with Gasteiger partial charge in [-0.05, 0) is 58.9 Å². The van der Waals surface area contributed by atoms with Crippen molar-refractivity contribution in [3.05, 3.63) is 40.6 Å². The highest BCUT2D eigenvalue weighted by molar-refractivity contribution is 6.31. The van der Waals surface area contributed by atoms with Crippen LogP contribution in [0.5, 0.6) is 0 Å². The summed E-state index contributed by atoms with van der Waals surface area (Å²) in [6.07, 6.45) is 6.43. The Morgan fingerprint density at radius 3 is 2.34 bits per heavy atom. The van der Waals surface area contributed by atoms with E-state index in [-0.39, 0.29) is 16.2 Å². The highest BCUT2D eigenvalue weighted by Crippen LogP contribution is 2.55. The molecule has 0 fully saturated rings. The molecule has 3 rings (SSSR count). The molecule has 5 heteroatoms. The Kier molecular flexibility index (Phi) is 5.63. The zero-order valence-corrected chi connectivity index (χ0v) is 19.6. The fourth-order valence-electron chi connectivity index (χ4n) is 4.21. The summed E-state index contributed by atoms with van der Waals surface area (Å²) in [5, 5.41) is 21.2. The van der Waals surface area contributed by atoms with Crippen LogP contribution in [0.2, 0.25) is 5.02 Å². The second-order valence-electron chi connectivity index (χ2n) is 10.4. The molecular weight excluding hydrogens is 382 g/mol. The number of unbranched alkanes of at least 4 members (excludes halogenated alkanes) is 1. The van der Waals surface area contributed by atoms with Gasteiger partial charge in [0.25, 0.3) is 0 Å². The van der Waals surface area contributed by atoms with Crippen molar-refractivity contribution in [1.29, 1.82) is 0 Å². The van der Waals surface area contributed by atoms with Crippen LogP contribution in [0.1, 0.15) is 74.1 Å². The summed E-state index contributed by atoms with van der Waals surface area (Å²) < 4.78 is 0. The Labute approximate surface area is 179 Å². The minimum atomic E-state index is -0.151. The maximum Gasteiger partial charge on any atom is 0.142 e. The summed E-state index contributed by atoms with van der Waals surface area (Å²) in [6, 6.07) is 5.49. The molecule has 1 aliphatic carbocycles. The van der Waals surface area contributed by atoms with Crippen LogP contribution < -0.4 is 0 Å². The molecule has 29 heavy (non-hydrogen) atoms. The fourth-order valence-corrected chi connectivity index (χ4v) is 4.38. The van der Waals surface area contributed by atoms with Crippen molar-refractivity contribution in [2.45, 2.75) is 74.1 Å². The number of allylic oxidation sites excluding steroid dienone is 3. The van der Waals surface area contributed by atoms with Crippen molar-refractivity contribution in [2.75, 3.05) is 0 Å². The highest BCUT2D eigenvalue weighted by Gasteiger charge is 2.46. The number of aliphatic hydroxyl groups excluding tert-OH is 1. The summed E-state index contributed by atoms with van der Waals surface area (Å²) in [5.74, 6) is 0.306. The number of rotatable bonds is 4. The standard InChI is InChI=1S/C24H34ClN3O/c1-8-9-12-24(23(5,6)7)14-17(22(2,3)4)21(29)20(15-24)28-26-18-11-10-16(25)13-19(18)27-28/h10-11,13,15,29H,8-9,12,14H2,1-7H3. The van der Waals surface area contributed by atoms with Crippen molar-refractivity contribution < 1.29 is 5.11 Å². The van der Waals surface area contributed by atoms with E-state index in [4.69, 9.17) is 11.6 Å². The van der Waals surface area contributed by atoms with E-state index in [0.29, 0.717) is 16.5 Å². The Balaban J connectivity index is 2.25.